The Labute approximate surface area is 220 Å². The van der Waals surface area contributed by atoms with Gasteiger partial charge in [-0.25, -0.2) is 4.79 Å². The molecule has 0 radical (unpaired) electrons. The Morgan fingerprint density at radius 1 is 0.865 bits per heavy atom. The largest absolute Gasteiger partial charge is 0.444 e. The van der Waals surface area contributed by atoms with Crippen molar-refractivity contribution in [3.63, 3.8) is 0 Å². The number of nitrogens with one attached hydrogen (secondary N) is 3. The molecule has 2 amide bonds. The van der Waals surface area contributed by atoms with Crippen LogP contribution in [-0.4, -0.2) is 47.8 Å². The van der Waals surface area contributed by atoms with Crippen LogP contribution in [0.15, 0.2) is 85.2 Å². The second-order valence-corrected chi connectivity index (χ2v) is 10.1. The molecule has 3 N–H and O–H groups in total. The minimum absolute atomic E-state index is 0.0801. The van der Waals surface area contributed by atoms with Crippen LogP contribution in [0.1, 0.15) is 37.5 Å². The van der Waals surface area contributed by atoms with Gasteiger partial charge in [-0.15, -0.1) is 0 Å². The third-order valence-electron chi connectivity index (χ3n) is 5.69. The van der Waals surface area contributed by atoms with E-state index in [0.717, 1.165) is 16.7 Å². The van der Waals surface area contributed by atoms with Crippen molar-refractivity contribution in [2.24, 2.45) is 0 Å². The van der Waals surface area contributed by atoms with E-state index in [1.54, 1.807) is 6.20 Å². The standard InChI is InChI=1S/C30H38N4O3/c1-30(2,3)37-29(36)34-26(19-23-11-6-4-7-12-23)22-33-27(20-24-13-8-5-9-14-24)28(35)32-18-16-25-15-10-17-31-21-25/h4-15,17,21,26-27,33H,16,18-20,22H2,1-3H3,(H,32,35)(H,34,36)/t26-,27-/m0/s1. The summed E-state index contributed by atoms with van der Waals surface area (Å²) in [5.41, 5.74) is 2.62. The van der Waals surface area contributed by atoms with Crippen molar-refractivity contribution in [1.82, 2.24) is 20.9 Å². The van der Waals surface area contributed by atoms with Crippen LogP contribution in [0.25, 0.3) is 0 Å². The number of amides is 2. The number of benzene rings is 2. The maximum Gasteiger partial charge on any atom is 0.407 e. The molecule has 0 saturated carbocycles. The summed E-state index contributed by atoms with van der Waals surface area (Å²) >= 11 is 0. The molecule has 0 aliphatic rings. The highest BCUT2D eigenvalue weighted by molar-refractivity contribution is 5.82. The van der Waals surface area contributed by atoms with E-state index in [2.05, 4.69) is 20.9 Å². The molecule has 1 aromatic heterocycles. The molecule has 7 nitrogen and oxygen atoms in total. The predicted octanol–water partition coefficient (Wildman–Crippen LogP) is 4.08. The molecule has 0 bridgehead atoms. The normalized spacial score (nSPS) is 12.8. The number of alkyl carbamates (subject to hydrolysis) is 1. The lowest BCUT2D eigenvalue weighted by molar-refractivity contribution is -0.123. The van der Waals surface area contributed by atoms with Gasteiger partial charge in [0.1, 0.15) is 5.60 Å². The van der Waals surface area contributed by atoms with E-state index in [4.69, 9.17) is 4.74 Å². The molecule has 2 aromatic carbocycles. The molecule has 0 aliphatic carbocycles. The van der Waals surface area contributed by atoms with Gasteiger partial charge < -0.3 is 20.7 Å². The van der Waals surface area contributed by atoms with Crippen LogP contribution in [0.3, 0.4) is 0 Å². The number of rotatable bonds is 12. The number of ether oxygens (including phenoxy) is 1. The van der Waals surface area contributed by atoms with Crippen molar-refractivity contribution < 1.29 is 14.3 Å². The zero-order valence-electron chi connectivity index (χ0n) is 21.9. The molecule has 7 heteroatoms. The van der Waals surface area contributed by atoms with E-state index in [0.29, 0.717) is 32.4 Å². The zero-order chi connectivity index (χ0) is 26.5. The maximum atomic E-state index is 13.2. The van der Waals surface area contributed by atoms with E-state index in [1.165, 1.54) is 0 Å². The second-order valence-electron chi connectivity index (χ2n) is 10.1. The summed E-state index contributed by atoms with van der Waals surface area (Å²) in [5.74, 6) is -0.0801. The van der Waals surface area contributed by atoms with Crippen molar-refractivity contribution >= 4 is 12.0 Å². The number of aromatic nitrogens is 1. The first-order valence-electron chi connectivity index (χ1n) is 12.8. The van der Waals surface area contributed by atoms with Gasteiger partial charge in [-0.2, -0.15) is 0 Å². The number of nitrogens with zero attached hydrogens (tertiary/aromatic N) is 1. The molecule has 0 unspecified atom stereocenters. The average molecular weight is 503 g/mol. The lowest BCUT2D eigenvalue weighted by Crippen LogP contribution is -2.52. The first-order valence-corrected chi connectivity index (χ1v) is 12.8. The molecule has 196 valence electrons. The van der Waals surface area contributed by atoms with Gasteiger partial charge in [-0.05, 0) is 62.8 Å². The predicted molar refractivity (Wildman–Crippen MR) is 146 cm³/mol. The minimum Gasteiger partial charge on any atom is -0.444 e. The number of pyridine rings is 1. The third-order valence-corrected chi connectivity index (χ3v) is 5.69. The zero-order valence-corrected chi connectivity index (χ0v) is 21.9. The fourth-order valence-electron chi connectivity index (χ4n) is 3.94. The molecular weight excluding hydrogens is 464 g/mol. The van der Waals surface area contributed by atoms with Gasteiger partial charge in [-0.3, -0.25) is 9.78 Å². The third kappa shape index (κ3) is 10.8. The highest BCUT2D eigenvalue weighted by Gasteiger charge is 2.23. The highest BCUT2D eigenvalue weighted by Crippen LogP contribution is 2.09. The molecule has 3 aromatic rings. The van der Waals surface area contributed by atoms with E-state index in [-0.39, 0.29) is 11.9 Å². The highest BCUT2D eigenvalue weighted by atomic mass is 16.6. The van der Waals surface area contributed by atoms with E-state index in [9.17, 15) is 9.59 Å². The fraction of sp³-hybridized carbons (Fsp3) is 0.367. The van der Waals surface area contributed by atoms with Crippen molar-refractivity contribution in [3.05, 3.63) is 102 Å². The fourth-order valence-corrected chi connectivity index (χ4v) is 3.94. The molecule has 0 fully saturated rings. The van der Waals surface area contributed by atoms with Gasteiger partial charge in [0.15, 0.2) is 0 Å². The lowest BCUT2D eigenvalue weighted by Gasteiger charge is -2.26. The first-order chi connectivity index (χ1) is 17.8. The molecule has 2 atom stereocenters. The van der Waals surface area contributed by atoms with E-state index >= 15 is 0 Å². The summed E-state index contributed by atoms with van der Waals surface area (Å²) in [4.78, 5) is 29.9. The number of hydrogen-bond donors (Lipinski definition) is 3. The van der Waals surface area contributed by atoms with Crippen molar-refractivity contribution in [2.75, 3.05) is 13.1 Å². The SMILES string of the molecule is CC(C)(C)OC(=O)N[C@H](CN[C@@H](Cc1ccccc1)C(=O)NCCc1cccnc1)Cc1ccccc1. The van der Waals surface area contributed by atoms with Crippen molar-refractivity contribution in [2.45, 2.75) is 57.7 Å². The first kappa shape index (κ1) is 27.9. The summed E-state index contributed by atoms with van der Waals surface area (Å²) in [5, 5.41) is 9.45. The minimum atomic E-state index is -0.598. The number of carbonyl (C=O) groups is 2. The smallest absolute Gasteiger partial charge is 0.407 e. The topological polar surface area (TPSA) is 92.4 Å². The van der Waals surface area contributed by atoms with Gasteiger partial charge in [-0.1, -0.05) is 66.7 Å². The molecule has 0 spiro atoms. The maximum absolute atomic E-state index is 13.2. The van der Waals surface area contributed by atoms with Crippen LogP contribution in [0, 0.1) is 0 Å². The Morgan fingerprint density at radius 2 is 1.49 bits per heavy atom. The van der Waals surface area contributed by atoms with Crippen molar-refractivity contribution in [1.29, 1.82) is 0 Å². The molecular formula is C30H38N4O3. The van der Waals surface area contributed by atoms with Crippen LogP contribution in [0.4, 0.5) is 4.79 Å². The molecule has 37 heavy (non-hydrogen) atoms. The quantitative estimate of drug-likeness (QED) is 0.347. The Balaban J connectivity index is 1.67. The Kier molecular flexibility index (Phi) is 10.6. The monoisotopic (exact) mass is 502 g/mol. The second kappa shape index (κ2) is 14.1. The summed E-state index contributed by atoms with van der Waals surface area (Å²) in [6.45, 7) is 6.43. The summed E-state index contributed by atoms with van der Waals surface area (Å²) < 4.78 is 5.49. The van der Waals surface area contributed by atoms with E-state index < -0.39 is 17.7 Å². The van der Waals surface area contributed by atoms with Crippen LogP contribution in [-0.2, 0) is 28.8 Å². The summed E-state index contributed by atoms with van der Waals surface area (Å²) in [7, 11) is 0. The number of hydrogen-bond acceptors (Lipinski definition) is 5. The molecule has 3 rings (SSSR count). The molecule has 0 aliphatic heterocycles. The average Bonchev–Trinajstić information content (AvgIpc) is 2.87. The Bertz CT molecular complexity index is 1090. The lowest BCUT2D eigenvalue weighted by atomic mass is 10.0. The van der Waals surface area contributed by atoms with Crippen molar-refractivity contribution in [3.8, 4) is 0 Å². The molecule has 1 heterocycles. The van der Waals surface area contributed by atoms with Gasteiger partial charge in [0.25, 0.3) is 0 Å². The summed E-state index contributed by atoms with van der Waals surface area (Å²) in [6, 6.07) is 23.0. The van der Waals surface area contributed by atoms with Gasteiger partial charge in [0.05, 0.1) is 6.04 Å². The Morgan fingerprint density at radius 3 is 2.08 bits per heavy atom. The van der Waals surface area contributed by atoms with Gasteiger partial charge in [0.2, 0.25) is 5.91 Å². The van der Waals surface area contributed by atoms with Crippen LogP contribution >= 0.6 is 0 Å². The van der Waals surface area contributed by atoms with Gasteiger partial charge >= 0.3 is 6.09 Å². The number of carbonyl (C=O) groups excluding carboxylic acids is 2. The van der Waals surface area contributed by atoms with Gasteiger partial charge in [0, 0.05) is 31.5 Å². The van der Waals surface area contributed by atoms with Crippen LogP contribution in [0.5, 0.6) is 0 Å². The van der Waals surface area contributed by atoms with E-state index in [1.807, 2.05) is 99.8 Å². The van der Waals surface area contributed by atoms with Crippen LogP contribution in [0.2, 0.25) is 0 Å². The molecule has 0 saturated heterocycles. The van der Waals surface area contributed by atoms with Crippen LogP contribution < -0.4 is 16.0 Å². The summed E-state index contributed by atoms with van der Waals surface area (Å²) in [6.07, 6.45) is 4.91. The Hall–Kier alpha value is -3.71.